The van der Waals surface area contributed by atoms with Gasteiger partial charge in [0.2, 0.25) is 0 Å². The van der Waals surface area contributed by atoms with Crippen molar-refractivity contribution in [2.24, 2.45) is 0 Å². The summed E-state index contributed by atoms with van der Waals surface area (Å²) in [6, 6.07) is 0. The van der Waals surface area contributed by atoms with E-state index in [4.69, 9.17) is 0 Å². The average Bonchev–Trinajstić information content (AvgIpc) is 2.12. The third-order valence-corrected chi connectivity index (χ3v) is 3.52. The zero-order valence-electron chi connectivity index (χ0n) is 6.45. The number of halogens is 3. The molecule has 0 saturated heterocycles. The number of rotatable bonds is 0. The van der Waals surface area contributed by atoms with Gasteiger partial charge in [-0.1, -0.05) is 0 Å². The molecule has 5 heteroatoms. The Morgan fingerprint density at radius 3 is 1.82 bits per heavy atom. The molecule has 0 atom stereocenters. The first kappa shape index (κ1) is 13.2. The van der Waals surface area contributed by atoms with Crippen molar-refractivity contribution in [1.29, 1.82) is 0 Å². The van der Waals surface area contributed by atoms with E-state index in [0.717, 1.165) is 0 Å². The molecule has 0 nitrogen and oxygen atoms in total. The van der Waals surface area contributed by atoms with E-state index in [-0.39, 0.29) is 0 Å². The molecule has 0 N–H and O–H groups in total. The maximum atomic E-state index is 2.39. The average molecular weight is 526 g/mol. The van der Waals surface area contributed by atoms with Crippen molar-refractivity contribution in [1.82, 2.24) is 0 Å². The first-order chi connectivity index (χ1) is 5.11. The summed E-state index contributed by atoms with van der Waals surface area (Å²) in [7, 11) is 0. The number of hydrogen-bond acceptors (Lipinski definition) is 1. The van der Waals surface area contributed by atoms with Crippen LogP contribution in [-0.4, -0.2) is 0 Å². The Bertz CT molecular complexity index is 190. The van der Waals surface area contributed by atoms with Crippen LogP contribution >= 0.6 is 59.9 Å². The van der Waals surface area contributed by atoms with E-state index >= 15 is 0 Å². The molecule has 0 aliphatic carbocycles. The minimum absolute atomic E-state index is 0.530. The van der Waals surface area contributed by atoms with E-state index in [1.165, 1.54) is 13.9 Å². The van der Waals surface area contributed by atoms with Crippen LogP contribution in [0.2, 0.25) is 0 Å². The van der Waals surface area contributed by atoms with E-state index in [1.807, 2.05) is 22.7 Å². The van der Waals surface area contributed by atoms with Gasteiger partial charge in [-0.2, -0.15) is 0 Å². The van der Waals surface area contributed by atoms with Crippen LogP contribution in [0.1, 0.15) is 13.9 Å². The fourth-order valence-corrected chi connectivity index (χ4v) is 2.91. The molecule has 0 fully saturated rings. The number of aryl methyl sites for hydroxylation is 3. The van der Waals surface area contributed by atoms with Crippen molar-refractivity contribution in [2.45, 2.75) is 20.8 Å². The summed E-state index contributed by atoms with van der Waals surface area (Å²) < 4.78 is 1.46. The van der Waals surface area contributed by atoms with Gasteiger partial charge < -0.3 is 0 Å². The second-order valence-corrected chi connectivity index (χ2v) is 21.2. The molecule has 1 aromatic rings. The Hall–Kier alpha value is 2.24. The van der Waals surface area contributed by atoms with Gasteiger partial charge in [0.1, 0.15) is 9.75 Å². The molecule has 0 saturated carbocycles. The van der Waals surface area contributed by atoms with Crippen LogP contribution < -0.4 is 13.3 Å². The third kappa shape index (κ3) is 6.33. The first-order valence-electron chi connectivity index (χ1n) is 2.85. The van der Waals surface area contributed by atoms with E-state index in [9.17, 15) is 0 Å². The quantitative estimate of drug-likeness (QED) is 0.358. The molecule has 1 aromatic heterocycles. The SMILES string of the molecule is Cc1sc(C)c(C)[s+]1.I[I-]I. The molecule has 66 valence electrons. The normalized spacial score (nSPS) is 9.18. The summed E-state index contributed by atoms with van der Waals surface area (Å²) in [4.78, 5) is 2.93. The molecule has 0 aliphatic heterocycles. The van der Waals surface area contributed by atoms with Gasteiger partial charge in [0.25, 0.3) is 4.19 Å². The van der Waals surface area contributed by atoms with Crippen molar-refractivity contribution >= 4 is 59.9 Å². The van der Waals surface area contributed by atoms with E-state index in [2.05, 4.69) is 58.0 Å². The van der Waals surface area contributed by atoms with Crippen LogP contribution in [-0.2, 0) is 0 Å². The maximum absolute atomic E-state index is 2.39. The van der Waals surface area contributed by atoms with Crippen LogP contribution in [0.15, 0.2) is 0 Å². The zero-order chi connectivity index (χ0) is 8.85. The Kier molecular flexibility index (Phi) is 9.18. The number of hydrogen-bond donors (Lipinski definition) is 0. The predicted molar refractivity (Wildman–Crippen MR) is 68.9 cm³/mol. The molecule has 0 amide bonds. The Balaban J connectivity index is 0.000000292. The topological polar surface area (TPSA) is 0 Å². The van der Waals surface area contributed by atoms with Gasteiger partial charge in [0, 0.05) is 6.92 Å². The Morgan fingerprint density at radius 1 is 1.27 bits per heavy atom. The van der Waals surface area contributed by atoms with Gasteiger partial charge in [-0.05, 0) is 13.8 Å². The fourth-order valence-electron chi connectivity index (χ4n) is 0.596. The molecule has 0 unspecified atom stereocenters. The molecule has 1 heterocycles. The van der Waals surface area contributed by atoms with E-state index < -0.39 is 0 Å². The third-order valence-electron chi connectivity index (χ3n) is 1.09. The molecule has 0 aromatic carbocycles. The summed E-state index contributed by atoms with van der Waals surface area (Å²) in [6.07, 6.45) is 0. The second kappa shape index (κ2) is 7.63. The summed E-state index contributed by atoms with van der Waals surface area (Å²) in [5.74, 6) is 0. The first-order valence-corrected chi connectivity index (χ1v) is 17.1. The summed E-state index contributed by atoms with van der Waals surface area (Å²) in [6.45, 7) is 6.50. The molecule has 0 radical (unpaired) electrons. The Labute approximate surface area is 106 Å². The van der Waals surface area contributed by atoms with Crippen LogP contribution in [0.25, 0.3) is 0 Å². The van der Waals surface area contributed by atoms with Crippen LogP contribution in [0.4, 0.5) is 0 Å². The van der Waals surface area contributed by atoms with Crippen LogP contribution in [0.3, 0.4) is 0 Å². The van der Waals surface area contributed by atoms with Crippen molar-refractivity contribution in [3.05, 3.63) is 13.9 Å². The Morgan fingerprint density at radius 2 is 1.73 bits per heavy atom. The van der Waals surface area contributed by atoms with Crippen molar-refractivity contribution in [3.63, 3.8) is 0 Å². The fraction of sp³-hybridized carbons (Fsp3) is 0.500. The van der Waals surface area contributed by atoms with Crippen molar-refractivity contribution in [3.8, 4) is 0 Å². The van der Waals surface area contributed by atoms with E-state index in [1.54, 1.807) is 0 Å². The second-order valence-electron chi connectivity index (χ2n) is 1.86. The summed E-state index contributed by atoms with van der Waals surface area (Å²) in [5.41, 5.74) is 0. The van der Waals surface area contributed by atoms with Crippen molar-refractivity contribution < 1.29 is 13.3 Å². The standard InChI is InChI=1S/C6H9S2.I3/c1-4-5(2)8-6(3)7-4;1-3-2/h1-3H3;/q+1;-1. The minimum atomic E-state index is 0.530. The van der Waals surface area contributed by atoms with E-state index in [0.29, 0.717) is 13.3 Å². The monoisotopic (exact) mass is 526 g/mol. The molecular formula is C6H9I3S2. The van der Waals surface area contributed by atoms with Gasteiger partial charge in [-0.25, -0.2) is 0 Å². The molecule has 0 bridgehead atoms. The summed E-state index contributed by atoms with van der Waals surface area (Å²) in [5, 5.41) is 0. The molecule has 0 aliphatic rings. The van der Waals surface area contributed by atoms with Gasteiger partial charge in [-0.15, -0.1) is 0 Å². The van der Waals surface area contributed by atoms with Crippen LogP contribution in [0.5, 0.6) is 0 Å². The molecule has 11 heavy (non-hydrogen) atoms. The zero-order valence-corrected chi connectivity index (χ0v) is 14.6. The summed E-state index contributed by atoms with van der Waals surface area (Å²) >= 11 is 9.08. The van der Waals surface area contributed by atoms with Gasteiger partial charge in [-0.3, -0.25) is 0 Å². The molecular weight excluding hydrogens is 517 g/mol. The van der Waals surface area contributed by atoms with Gasteiger partial charge in [0.15, 0.2) is 0 Å². The van der Waals surface area contributed by atoms with Gasteiger partial charge in [0.05, 0.1) is 22.7 Å². The van der Waals surface area contributed by atoms with Gasteiger partial charge >= 0.3 is 50.5 Å². The molecule has 1 rings (SSSR count). The van der Waals surface area contributed by atoms with Crippen molar-refractivity contribution in [2.75, 3.05) is 0 Å². The van der Waals surface area contributed by atoms with Crippen LogP contribution in [0, 0.1) is 20.8 Å². The predicted octanol–water partition coefficient (Wildman–Crippen LogP) is 1.79. The molecule has 0 spiro atoms.